The van der Waals surface area contributed by atoms with Gasteiger partial charge in [0.15, 0.2) is 5.82 Å². The lowest BCUT2D eigenvalue weighted by atomic mass is 10.1. The second-order valence-corrected chi connectivity index (χ2v) is 6.69. The number of hydrogen-bond donors (Lipinski definition) is 4. The Kier molecular flexibility index (Phi) is 6.94. The van der Waals surface area contributed by atoms with Crippen LogP contribution >= 0.6 is 0 Å². The zero-order chi connectivity index (χ0) is 19.9. The molecule has 3 rings (SSSR count). The first-order chi connectivity index (χ1) is 13.6. The van der Waals surface area contributed by atoms with Gasteiger partial charge in [-0.2, -0.15) is 0 Å². The molecule has 0 amide bonds. The summed E-state index contributed by atoms with van der Waals surface area (Å²) in [5.74, 6) is 0.381. The Morgan fingerprint density at radius 1 is 1.25 bits per heavy atom. The van der Waals surface area contributed by atoms with Crippen molar-refractivity contribution >= 4 is 16.9 Å². The molecule has 150 valence electrons. The fourth-order valence-electron chi connectivity index (χ4n) is 3.14. The van der Waals surface area contributed by atoms with Crippen molar-refractivity contribution in [3.05, 3.63) is 54.0 Å². The number of nitrogens with one attached hydrogen (secondary N) is 1. The van der Waals surface area contributed by atoms with E-state index in [1.54, 1.807) is 0 Å². The van der Waals surface area contributed by atoms with Crippen LogP contribution in [-0.2, 0) is 24.6 Å². The molecule has 0 bridgehead atoms. The molecule has 2 heterocycles. The first kappa shape index (κ1) is 20.2. The van der Waals surface area contributed by atoms with Crippen molar-refractivity contribution in [1.82, 2.24) is 19.9 Å². The van der Waals surface area contributed by atoms with Gasteiger partial charge < -0.3 is 30.6 Å². The van der Waals surface area contributed by atoms with Crippen LogP contribution in [0.1, 0.15) is 24.5 Å². The summed E-state index contributed by atoms with van der Waals surface area (Å²) in [6, 6.07) is 9.53. The average Bonchev–Trinajstić information content (AvgIpc) is 3.08. The molecule has 1 aromatic carbocycles. The molecule has 0 unspecified atom stereocenters. The van der Waals surface area contributed by atoms with Gasteiger partial charge in [-0.05, 0) is 12.0 Å². The van der Waals surface area contributed by atoms with Crippen LogP contribution in [0, 0.1) is 0 Å². The predicted molar refractivity (Wildman–Crippen MR) is 107 cm³/mol. The van der Waals surface area contributed by atoms with E-state index in [0.717, 1.165) is 16.6 Å². The number of aliphatic hydroxyl groups excluding tert-OH is 2. The lowest BCUT2D eigenvalue weighted by Crippen LogP contribution is -2.42. The van der Waals surface area contributed by atoms with E-state index in [1.165, 1.54) is 6.33 Å². The van der Waals surface area contributed by atoms with E-state index in [4.69, 9.17) is 10.5 Å². The third-order valence-corrected chi connectivity index (χ3v) is 4.73. The lowest BCUT2D eigenvalue weighted by Gasteiger charge is -2.20. The van der Waals surface area contributed by atoms with Crippen LogP contribution in [0.15, 0.2) is 42.9 Å². The van der Waals surface area contributed by atoms with Gasteiger partial charge >= 0.3 is 0 Å². The number of nitrogens with two attached hydrogens (primary N) is 1. The van der Waals surface area contributed by atoms with Crippen LogP contribution in [0.2, 0.25) is 0 Å². The van der Waals surface area contributed by atoms with Crippen LogP contribution < -0.4 is 11.1 Å². The maximum atomic E-state index is 9.99. The molecule has 0 aliphatic carbocycles. The highest BCUT2D eigenvalue weighted by atomic mass is 16.5. The molecule has 28 heavy (non-hydrogen) atoms. The Hall–Kier alpha value is -2.52. The summed E-state index contributed by atoms with van der Waals surface area (Å²) >= 11 is 0. The standard InChI is InChI=1S/C20H27N5O3/c1-2-17(27)16(10-26)22-8-15-9-25(19-18(15)23-12-24-20(19)21)13-28-11-14-6-4-3-5-7-14/h3-7,9,12,16-17,22,26-27H,2,8,10-11,13H2,1H3,(H2,21,23,24)/t16-,17-/m1/s1. The first-order valence-corrected chi connectivity index (χ1v) is 9.36. The number of hydrogen-bond acceptors (Lipinski definition) is 7. The second kappa shape index (κ2) is 9.61. The van der Waals surface area contributed by atoms with Gasteiger partial charge in [-0.15, -0.1) is 0 Å². The maximum absolute atomic E-state index is 9.99. The number of aliphatic hydroxyl groups is 2. The fraction of sp³-hybridized carbons (Fsp3) is 0.400. The average molecular weight is 385 g/mol. The Bertz CT molecular complexity index is 884. The number of nitrogens with zero attached hydrogens (tertiary/aromatic N) is 3. The summed E-state index contributed by atoms with van der Waals surface area (Å²) in [5, 5.41) is 22.7. The van der Waals surface area contributed by atoms with E-state index < -0.39 is 12.1 Å². The van der Waals surface area contributed by atoms with Gasteiger partial charge in [-0.1, -0.05) is 37.3 Å². The molecule has 0 spiro atoms. The largest absolute Gasteiger partial charge is 0.395 e. The van der Waals surface area contributed by atoms with Crippen molar-refractivity contribution in [3.63, 3.8) is 0 Å². The van der Waals surface area contributed by atoms with Gasteiger partial charge in [0.1, 0.15) is 18.6 Å². The number of anilines is 1. The van der Waals surface area contributed by atoms with Crippen molar-refractivity contribution in [2.75, 3.05) is 12.3 Å². The van der Waals surface area contributed by atoms with E-state index in [2.05, 4.69) is 15.3 Å². The van der Waals surface area contributed by atoms with Crippen molar-refractivity contribution in [2.45, 2.75) is 45.4 Å². The Morgan fingerprint density at radius 3 is 2.75 bits per heavy atom. The minimum atomic E-state index is -0.618. The summed E-state index contributed by atoms with van der Waals surface area (Å²) in [5.41, 5.74) is 9.50. The van der Waals surface area contributed by atoms with E-state index in [0.29, 0.717) is 37.6 Å². The van der Waals surface area contributed by atoms with Crippen molar-refractivity contribution < 1.29 is 14.9 Å². The minimum Gasteiger partial charge on any atom is -0.395 e. The van der Waals surface area contributed by atoms with Crippen LogP contribution in [-0.4, -0.2) is 43.5 Å². The normalized spacial score (nSPS) is 13.7. The predicted octanol–water partition coefficient (Wildman–Crippen LogP) is 1.41. The third-order valence-electron chi connectivity index (χ3n) is 4.73. The van der Waals surface area contributed by atoms with E-state index in [1.807, 2.05) is 48.0 Å². The van der Waals surface area contributed by atoms with E-state index in [9.17, 15) is 10.2 Å². The zero-order valence-electron chi connectivity index (χ0n) is 16.0. The smallest absolute Gasteiger partial charge is 0.151 e. The Morgan fingerprint density at radius 2 is 2.04 bits per heavy atom. The summed E-state index contributed by atoms with van der Waals surface area (Å²) < 4.78 is 7.72. The maximum Gasteiger partial charge on any atom is 0.151 e. The highest BCUT2D eigenvalue weighted by molar-refractivity contribution is 5.87. The number of fused-ring (bicyclic) bond motifs is 1. The summed E-state index contributed by atoms with van der Waals surface area (Å²) in [7, 11) is 0. The molecule has 2 atom stereocenters. The van der Waals surface area contributed by atoms with Crippen LogP contribution in [0.4, 0.5) is 5.82 Å². The summed E-state index contributed by atoms with van der Waals surface area (Å²) in [6.07, 6.45) is 3.29. The van der Waals surface area contributed by atoms with Gasteiger partial charge in [0.05, 0.1) is 30.9 Å². The monoisotopic (exact) mass is 385 g/mol. The molecule has 3 aromatic rings. The molecule has 8 heteroatoms. The number of ether oxygens (including phenoxy) is 1. The molecular weight excluding hydrogens is 358 g/mol. The molecule has 5 N–H and O–H groups in total. The zero-order valence-corrected chi connectivity index (χ0v) is 16.0. The Balaban J connectivity index is 1.75. The minimum absolute atomic E-state index is 0.148. The third kappa shape index (κ3) is 4.66. The highest BCUT2D eigenvalue weighted by Crippen LogP contribution is 2.23. The lowest BCUT2D eigenvalue weighted by molar-refractivity contribution is 0.0666. The SMILES string of the molecule is CC[C@@H](O)[C@@H](CO)NCc1cn(COCc2ccccc2)c2c(N)ncnc12. The van der Waals surface area contributed by atoms with E-state index >= 15 is 0 Å². The van der Waals surface area contributed by atoms with Crippen molar-refractivity contribution in [3.8, 4) is 0 Å². The fourth-order valence-corrected chi connectivity index (χ4v) is 3.14. The molecule has 2 aromatic heterocycles. The number of nitrogen functional groups attached to an aromatic ring is 1. The number of rotatable bonds is 10. The van der Waals surface area contributed by atoms with Crippen molar-refractivity contribution in [1.29, 1.82) is 0 Å². The van der Waals surface area contributed by atoms with Crippen LogP contribution in [0.3, 0.4) is 0 Å². The molecule has 0 aliphatic rings. The summed E-state index contributed by atoms with van der Waals surface area (Å²) in [6.45, 7) is 2.95. The van der Waals surface area contributed by atoms with Gasteiger partial charge in [-0.25, -0.2) is 9.97 Å². The van der Waals surface area contributed by atoms with Gasteiger partial charge in [0.25, 0.3) is 0 Å². The topological polar surface area (TPSA) is 118 Å². The molecule has 0 fully saturated rings. The molecule has 0 radical (unpaired) electrons. The molecule has 0 aliphatic heterocycles. The number of aromatic nitrogens is 3. The van der Waals surface area contributed by atoms with Crippen LogP contribution in [0.5, 0.6) is 0 Å². The molecular formula is C20H27N5O3. The first-order valence-electron chi connectivity index (χ1n) is 9.36. The van der Waals surface area contributed by atoms with Gasteiger partial charge in [-0.3, -0.25) is 0 Å². The number of benzene rings is 1. The molecule has 8 nitrogen and oxygen atoms in total. The Labute approximate surface area is 164 Å². The van der Waals surface area contributed by atoms with E-state index in [-0.39, 0.29) is 6.61 Å². The molecule has 0 saturated carbocycles. The highest BCUT2D eigenvalue weighted by Gasteiger charge is 2.18. The van der Waals surface area contributed by atoms with Crippen molar-refractivity contribution in [2.24, 2.45) is 0 Å². The summed E-state index contributed by atoms with van der Waals surface area (Å²) in [4.78, 5) is 8.46. The second-order valence-electron chi connectivity index (χ2n) is 6.69. The quantitative estimate of drug-likeness (QED) is 0.417. The van der Waals surface area contributed by atoms with Crippen LogP contribution in [0.25, 0.3) is 11.0 Å². The van der Waals surface area contributed by atoms with Gasteiger partial charge in [0, 0.05) is 18.3 Å². The van der Waals surface area contributed by atoms with Gasteiger partial charge in [0.2, 0.25) is 0 Å². The molecule has 0 saturated heterocycles.